The summed E-state index contributed by atoms with van der Waals surface area (Å²) in [6, 6.07) is 5.81. The van der Waals surface area contributed by atoms with Gasteiger partial charge in [-0.3, -0.25) is 14.4 Å². The smallest absolute Gasteiger partial charge is 0.270 e. The third-order valence-electron chi connectivity index (χ3n) is 2.62. The number of rotatable bonds is 4. The molecule has 0 fully saturated rings. The molecule has 0 aliphatic heterocycles. The monoisotopic (exact) mass is 290 g/mol. The van der Waals surface area contributed by atoms with Crippen LogP contribution in [0.4, 0.5) is 5.82 Å². The molecule has 2 aromatic rings. The van der Waals surface area contributed by atoms with Crippen molar-refractivity contribution in [3.63, 3.8) is 0 Å². The number of pyridine rings is 1. The lowest BCUT2D eigenvalue weighted by molar-refractivity contribution is -0.116. The summed E-state index contributed by atoms with van der Waals surface area (Å²) in [5.74, 6) is -0.0281. The van der Waals surface area contributed by atoms with Gasteiger partial charge in [-0.1, -0.05) is 11.2 Å². The Morgan fingerprint density at radius 2 is 2.19 bits per heavy atom. The SMILES string of the molecule is Cc1cc(NC(=O)CN(C)C(=O)c2cccc(=O)[nH]2)no1. The summed E-state index contributed by atoms with van der Waals surface area (Å²) in [5.41, 5.74) is -0.258. The first-order valence-corrected chi connectivity index (χ1v) is 6.13. The van der Waals surface area contributed by atoms with Gasteiger partial charge >= 0.3 is 0 Å². The van der Waals surface area contributed by atoms with Crippen molar-refractivity contribution in [3.05, 3.63) is 46.1 Å². The molecular formula is C13H14N4O4. The van der Waals surface area contributed by atoms with Gasteiger partial charge in [-0.25, -0.2) is 0 Å². The van der Waals surface area contributed by atoms with Gasteiger partial charge in [-0.15, -0.1) is 0 Å². The Morgan fingerprint density at radius 3 is 2.81 bits per heavy atom. The Labute approximate surface area is 119 Å². The molecular weight excluding hydrogens is 276 g/mol. The maximum Gasteiger partial charge on any atom is 0.270 e. The summed E-state index contributed by atoms with van der Waals surface area (Å²) in [4.78, 5) is 38.6. The Morgan fingerprint density at radius 1 is 1.43 bits per heavy atom. The number of nitrogens with zero attached hydrogens (tertiary/aromatic N) is 2. The zero-order chi connectivity index (χ0) is 15.4. The molecule has 0 saturated carbocycles. The molecule has 8 heteroatoms. The summed E-state index contributed by atoms with van der Waals surface area (Å²) in [6.07, 6.45) is 0. The van der Waals surface area contributed by atoms with Crippen LogP contribution in [-0.4, -0.2) is 40.4 Å². The second-order valence-electron chi connectivity index (χ2n) is 4.46. The van der Waals surface area contributed by atoms with Gasteiger partial charge in [0.1, 0.15) is 11.5 Å². The van der Waals surface area contributed by atoms with Crippen LogP contribution in [0.1, 0.15) is 16.2 Å². The van der Waals surface area contributed by atoms with Gasteiger partial charge < -0.3 is 19.7 Å². The van der Waals surface area contributed by atoms with Crippen LogP contribution in [0.3, 0.4) is 0 Å². The van der Waals surface area contributed by atoms with Crippen molar-refractivity contribution in [1.29, 1.82) is 0 Å². The first-order valence-electron chi connectivity index (χ1n) is 6.13. The minimum Gasteiger partial charge on any atom is -0.360 e. The van der Waals surface area contributed by atoms with Crippen LogP contribution in [-0.2, 0) is 4.79 Å². The number of carbonyl (C=O) groups excluding carboxylic acids is 2. The highest BCUT2D eigenvalue weighted by Crippen LogP contribution is 2.07. The van der Waals surface area contributed by atoms with Gasteiger partial charge in [0.15, 0.2) is 5.82 Å². The van der Waals surface area contributed by atoms with E-state index in [4.69, 9.17) is 4.52 Å². The number of aryl methyl sites for hydroxylation is 1. The average molecular weight is 290 g/mol. The van der Waals surface area contributed by atoms with Gasteiger partial charge in [0.2, 0.25) is 11.5 Å². The highest BCUT2D eigenvalue weighted by molar-refractivity contribution is 5.97. The van der Waals surface area contributed by atoms with Gasteiger partial charge in [-0.2, -0.15) is 0 Å². The maximum absolute atomic E-state index is 12.0. The topological polar surface area (TPSA) is 108 Å². The highest BCUT2D eigenvalue weighted by atomic mass is 16.5. The Kier molecular flexibility index (Phi) is 4.17. The van der Waals surface area contributed by atoms with Crippen LogP contribution in [0.2, 0.25) is 0 Å². The number of anilines is 1. The summed E-state index contributed by atoms with van der Waals surface area (Å²) in [5, 5.41) is 6.12. The number of aromatic amines is 1. The molecule has 0 unspecified atom stereocenters. The molecule has 2 aromatic heterocycles. The molecule has 2 heterocycles. The van der Waals surface area contributed by atoms with E-state index in [1.54, 1.807) is 13.0 Å². The van der Waals surface area contributed by atoms with Gasteiger partial charge in [0.25, 0.3) is 5.91 Å². The van der Waals surface area contributed by atoms with Crippen molar-refractivity contribution in [2.45, 2.75) is 6.92 Å². The fourth-order valence-electron chi connectivity index (χ4n) is 1.67. The molecule has 0 atom stereocenters. The van der Waals surface area contributed by atoms with Crippen molar-refractivity contribution >= 4 is 17.6 Å². The van der Waals surface area contributed by atoms with Crippen LogP contribution < -0.4 is 10.9 Å². The number of aromatic nitrogens is 2. The largest absolute Gasteiger partial charge is 0.360 e. The van der Waals surface area contributed by atoms with Crippen LogP contribution in [0.15, 0.2) is 33.6 Å². The molecule has 0 aliphatic carbocycles. The van der Waals surface area contributed by atoms with E-state index in [1.165, 1.54) is 30.1 Å². The van der Waals surface area contributed by atoms with Crippen LogP contribution in [0, 0.1) is 6.92 Å². The van der Waals surface area contributed by atoms with E-state index in [2.05, 4.69) is 15.5 Å². The molecule has 2 N–H and O–H groups in total. The van der Waals surface area contributed by atoms with E-state index >= 15 is 0 Å². The normalized spacial score (nSPS) is 10.2. The molecule has 0 aromatic carbocycles. The molecule has 2 rings (SSSR count). The number of hydrogen-bond donors (Lipinski definition) is 2. The fraction of sp³-hybridized carbons (Fsp3) is 0.231. The van der Waals surface area contributed by atoms with Gasteiger partial charge in [-0.05, 0) is 13.0 Å². The zero-order valence-corrected chi connectivity index (χ0v) is 11.5. The molecule has 110 valence electrons. The highest BCUT2D eigenvalue weighted by Gasteiger charge is 2.16. The standard InChI is InChI=1S/C13H14N4O4/c1-8-6-10(16-21-8)15-12(19)7-17(2)13(20)9-4-3-5-11(18)14-9/h3-6H,7H2,1-2H3,(H,14,18)(H,15,16,19). The third kappa shape index (κ3) is 3.78. The lowest BCUT2D eigenvalue weighted by Crippen LogP contribution is -2.36. The summed E-state index contributed by atoms with van der Waals surface area (Å²) >= 11 is 0. The van der Waals surface area contributed by atoms with E-state index < -0.39 is 11.8 Å². The Bertz CT molecular complexity index is 719. The molecule has 21 heavy (non-hydrogen) atoms. The molecule has 0 spiro atoms. The molecule has 2 amide bonds. The zero-order valence-electron chi connectivity index (χ0n) is 11.5. The third-order valence-corrected chi connectivity index (χ3v) is 2.62. The van der Waals surface area contributed by atoms with E-state index in [0.29, 0.717) is 5.76 Å². The average Bonchev–Trinajstić information content (AvgIpc) is 2.82. The predicted molar refractivity (Wildman–Crippen MR) is 73.9 cm³/mol. The molecule has 0 aliphatic rings. The second kappa shape index (κ2) is 6.04. The van der Waals surface area contributed by atoms with Crippen molar-refractivity contribution in [3.8, 4) is 0 Å². The minimum absolute atomic E-state index is 0.120. The van der Waals surface area contributed by atoms with Gasteiger partial charge in [0, 0.05) is 19.2 Å². The number of H-pyrrole nitrogens is 1. The van der Waals surface area contributed by atoms with E-state index in [9.17, 15) is 14.4 Å². The second-order valence-corrected chi connectivity index (χ2v) is 4.46. The lowest BCUT2D eigenvalue weighted by Gasteiger charge is -2.15. The van der Waals surface area contributed by atoms with Crippen LogP contribution in [0.5, 0.6) is 0 Å². The first kappa shape index (κ1) is 14.5. The number of amides is 2. The number of nitrogens with one attached hydrogen (secondary N) is 2. The molecule has 8 nitrogen and oxygen atoms in total. The van der Waals surface area contributed by atoms with Crippen LogP contribution >= 0.6 is 0 Å². The van der Waals surface area contributed by atoms with Crippen LogP contribution in [0.25, 0.3) is 0 Å². The number of likely N-dealkylation sites (N-methyl/N-ethyl adjacent to an activating group) is 1. The van der Waals surface area contributed by atoms with Crippen molar-refractivity contribution in [2.75, 3.05) is 18.9 Å². The molecule has 0 saturated heterocycles. The van der Waals surface area contributed by atoms with E-state index in [-0.39, 0.29) is 23.6 Å². The van der Waals surface area contributed by atoms with Gasteiger partial charge in [0.05, 0.1) is 6.54 Å². The lowest BCUT2D eigenvalue weighted by atomic mass is 10.3. The predicted octanol–water partition coefficient (Wildman–Crippen LogP) is 0.382. The van der Waals surface area contributed by atoms with E-state index in [1.807, 2.05) is 0 Å². The van der Waals surface area contributed by atoms with Crippen molar-refractivity contribution in [1.82, 2.24) is 15.0 Å². The summed E-state index contributed by atoms with van der Waals surface area (Å²) < 4.78 is 4.82. The minimum atomic E-state index is -0.459. The van der Waals surface area contributed by atoms with E-state index in [0.717, 1.165) is 0 Å². The Balaban J connectivity index is 1.97. The molecule has 0 bridgehead atoms. The van der Waals surface area contributed by atoms with Crippen molar-refractivity contribution in [2.24, 2.45) is 0 Å². The summed E-state index contributed by atoms with van der Waals surface area (Å²) in [7, 11) is 1.46. The maximum atomic E-state index is 12.0. The summed E-state index contributed by atoms with van der Waals surface area (Å²) in [6.45, 7) is 1.52. The number of carbonyl (C=O) groups is 2. The molecule has 0 radical (unpaired) electrons. The Hall–Kier alpha value is -2.90. The van der Waals surface area contributed by atoms with Crippen molar-refractivity contribution < 1.29 is 14.1 Å². The number of hydrogen-bond acceptors (Lipinski definition) is 5. The quantitative estimate of drug-likeness (QED) is 0.846. The first-order chi connectivity index (χ1) is 9.95. The fourth-order valence-corrected chi connectivity index (χ4v) is 1.67.